The molecule has 0 spiro atoms. The third-order valence-corrected chi connectivity index (χ3v) is 2.80. The molecule has 0 aliphatic rings. The van der Waals surface area contributed by atoms with Crippen LogP contribution in [-0.2, 0) is 10.1 Å². The highest BCUT2D eigenvalue weighted by molar-refractivity contribution is 7.86. The summed E-state index contributed by atoms with van der Waals surface area (Å²) in [6.07, 6.45) is 0. The van der Waals surface area contributed by atoms with Crippen molar-refractivity contribution in [2.75, 3.05) is 11.5 Å². The topological polar surface area (TPSA) is 123 Å². The summed E-state index contributed by atoms with van der Waals surface area (Å²) >= 11 is 0. The van der Waals surface area contributed by atoms with Gasteiger partial charge in [-0.05, 0) is 19.1 Å². The maximum Gasteiger partial charge on any atom is 0.298 e. The SMILES string of the molecule is CC(=O)c1cc(N)c(S(=O)(=O)O)c(N)c1. The summed E-state index contributed by atoms with van der Waals surface area (Å²) in [4.78, 5) is 10.4. The number of rotatable bonds is 2. The molecule has 1 rings (SSSR count). The molecule has 0 amide bonds. The minimum absolute atomic E-state index is 0.192. The van der Waals surface area contributed by atoms with E-state index in [2.05, 4.69) is 0 Å². The van der Waals surface area contributed by atoms with Crippen LogP contribution in [0.25, 0.3) is 0 Å². The fraction of sp³-hybridized carbons (Fsp3) is 0.125. The van der Waals surface area contributed by atoms with Crippen LogP contribution in [0, 0.1) is 0 Å². The number of hydrogen-bond donors (Lipinski definition) is 3. The maximum atomic E-state index is 11.0. The zero-order chi connectivity index (χ0) is 11.8. The first kappa shape index (κ1) is 11.5. The van der Waals surface area contributed by atoms with Crippen molar-refractivity contribution in [3.8, 4) is 0 Å². The van der Waals surface area contributed by atoms with Crippen molar-refractivity contribution in [1.82, 2.24) is 0 Å². The van der Waals surface area contributed by atoms with Crippen LogP contribution in [0.15, 0.2) is 17.0 Å². The van der Waals surface area contributed by atoms with Gasteiger partial charge < -0.3 is 11.5 Å². The van der Waals surface area contributed by atoms with Crippen LogP contribution in [0.1, 0.15) is 17.3 Å². The van der Waals surface area contributed by atoms with Crippen LogP contribution < -0.4 is 11.5 Å². The second-order valence-corrected chi connectivity index (χ2v) is 4.37. The molecular weight excluding hydrogens is 220 g/mol. The largest absolute Gasteiger partial charge is 0.398 e. The Kier molecular flexibility index (Phi) is 2.69. The molecule has 0 bridgehead atoms. The fourth-order valence-electron chi connectivity index (χ4n) is 1.18. The van der Waals surface area contributed by atoms with Crippen LogP contribution in [-0.4, -0.2) is 18.8 Å². The van der Waals surface area contributed by atoms with Crippen LogP contribution in [0.2, 0.25) is 0 Å². The Morgan fingerprint density at radius 1 is 1.27 bits per heavy atom. The molecule has 0 aliphatic carbocycles. The number of anilines is 2. The van der Waals surface area contributed by atoms with Gasteiger partial charge in [-0.1, -0.05) is 0 Å². The zero-order valence-electron chi connectivity index (χ0n) is 7.89. The Balaban J connectivity index is 3.55. The van der Waals surface area contributed by atoms with Crippen molar-refractivity contribution in [3.63, 3.8) is 0 Å². The first-order valence-corrected chi connectivity index (χ1v) is 5.35. The average Bonchev–Trinajstić information content (AvgIpc) is 1.99. The highest BCUT2D eigenvalue weighted by Crippen LogP contribution is 2.26. The summed E-state index contributed by atoms with van der Waals surface area (Å²) < 4.78 is 30.5. The second kappa shape index (κ2) is 3.52. The number of nitrogen functional groups attached to an aromatic ring is 2. The van der Waals surface area contributed by atoms with Crippen molar-refractivity contribution in [2.24, 2.45) is 0 Å². The van der Waals surface area contributed by atoms with Gasteiger partial charge in [-0.2, -0.15) is 8.42 Å². The molecule has 1 aromatic rings. The van der Waals surface area contributed by atoms with Crippen molar-refractivity contribution in [3.05, 3.63) is 17.7 Å². The van der Waals surface area contributed by atoms with E-state index in [1.54, 1.807) is 0 Å². The van der Waals surface area contributed by atoms with Gasteiger partial charge >= 0.3 is 0 Å². The minimum atomic E-state index is -4.47. The molecule has 5 N–H and O–H groups in total. The van der Waals surface area contributed by atoms with Gasteiger partial charge in [0, 0.05) is 5.56 Å². The lowest BCUT2D eigenvalue weighted by Crippen LogP contribution is -2.09. The average molecular weight is 230 g/mol. The smallest absolute Gasteiger partial charge is 0.298 e. The highest BCUT2D eigenvalue weighted by atomic mass is 32.2. The molecule has 1 aromatic carbocycles. The molecule has 82 valence electrons. The van der Waals surface area contributed by atoms with Gasteiger partial charge in [-0.15, -0.1) is 0 Å². The molecule has 0 atom stereocenters. The Morgan fingerprint density at radius 3 is 1.93 bits per heavy atom. The lowest BCUT2D eigenvalue weighted by atomic mass is 10.1. The van der Waals surface area contributed by atoms with Crippen molar-refractivity contribution < 1.29 is 17.8 Å². The fourth-order valence-corrected chi connectivity index (χ4v) is 1.89. The zero-order valence-corrected chi connectivity index (χ0v) is 8.71. The quantitative estimate of drug-likeness (QED) is 0.381. The Hall–Kier alpha value is -1.60. The normalized spacial score (nSPS) is 11.3. The molecule has 0 heterocycles. The summed E-state index contributed by atoms with van der Waals surface area (Å²) in [5.41, 5.74) is 10.4. The standard InChI is InChI=1S/C8H10N2O4S/c1-4(11)5-2-6(9)8(7(10)3-5)15(12,13)14/h2-3H,9-10H2,1H3,(H,12,13,14). The summed E-state index contributed by atoms with van der Waals surface area (Å²) in [5, 5.41) is 0. The third-order valence-electron chi connectivity index (χ3n) is 1.81. The Bertz CT molecular complexity index is 498. The van der Waals surface area contributed by atoms with E-state index in [9.17, 15) is 13.2 Å². The predicted molar refractivity (Wildman–Crippen MR) is 55.1 cm³/mol. The van der Waals surface area contributed by atoms with E-state index in [4.69, 9.17) is 16.0 Å². The first-order valence-electron chi connectivity index (χ1n) is 3.91. The molecule has 0 fully saturated rings. The number of nitrogens with two attached hydrogens (primary N) is 2. The molecule has 0 radical (unpaired) electrons. The molecule has 15 heavy (non-hydrogen) atoms. The van der Waals surface area contributed by atoms with Crippen LogP contribution in [0.5, 0.6) is 0 Å². The summed E-state index contributed by atoms with van der Waals surface area (Å²) in [5.74, 6) is -0.296. The second-order valence-electron chi connectivity index (χ2n) is 3.02. The van der Waals surface area contributed by atoms with E-state index >= 15 is 0 Å². The van der Waals surface area contributed by atoms with E-state index < -0.39 is 15.0 Å². The summed E-state index contributed by atoms with van der Waals surface area (Å²) in [6.45, 7) is 1.29. The number of carbonyl (C=O) groups is 1. The molecular formula is C8H10N2O4S. The molecule has 0 aliphatic heterocycles. The molecule has 0 saturated carbocycles. The van der Waals surface area contributed by atoms with E-state index in [1.165, 1.54) is 6.92 Å². The van der Waals surface area contributed by atoms with Gasteiger partial charge in [0.1, 0.15) is 4.90 Å². The number of Topliss-reactive ketones (excluding diaryl/α,β-unsaturated/α-hetero) is 1. The molecule has 0 saturated heterocycles. The maximum absolute atomic E-state index is 11.0. The summed E-state index contributed by atoms with van der Waals surface area (Å²) in [6, 6.07) is 2.31. The lowest BCUT2D eigenvalue weighted by Gasteiger charge is -2.07. The number of ketones is 1. The van der Waals surface area contributed by atoms with E-state index in [1.807, 2.05) is 0 Å². The van der Waals surface area contributed by atoms with Gasteiger partial charge in [-0.25, -0.2) is 0 Å². The molecule has 6 nitrogen and oxygen atoms in total. The van der Waals surface area contributed by atoms with Crippen LogP contribution >= 0.6 is 0 Å². The third kappa shape index (κ3) is 2.25. The number of hydrogen-bond acceptors (Lipinski definition) is 5. The lowest BCUT2D eigenvalue weighted by molar-refractivity contribution is 0.101. The van der Waals surface area contributed by atoms with E-state index in [0.29, 0.717) is 0 Å². The molecule has 7 heteroatoms. The number of carbonyl (C=O) groups excluding carboxylic acids is 1. The Morgan fingerprint density at radius 2 is 1.67 bits per heavy atom. The van der Waals surface area contributed by atoms with Gasteiger partial charge in [0.05, 0.1) is 11.4 Å². The van der Waals surface area contributed by atoms with Crippen LogP contribution in [0.4, 0.5) is 11.4 Å². The van der Waals surface area contributed by atoms with Gasteiger partial charge in [-0.3, -0.25) is 9.35 Å². The van der Waals surface area contributed by atoms with Crippen molar-refractivity contribution >= 4 is 27.3 Å². The predicted octanol–water partition coefficient (Wildman–Crippen LogP) is 0.300. The van der Waals surface area contributed by atoms with E-state index in [0.717, 1.165) is 12.1 Å². The van der Waals surface area contributed by atoms with Crippen LogP contribution in [0.3, 0.4) is 0 Å². The monoisotopic (exact) mass is 230 g/mol. The first-order chi connectivity index (χ1) is 6.73. The van der Waals surface area contributed by atoms with Crippen molar-refractivity contribution in [1.29, 1.82) is 0 Å². The highest BCUT2D eigenvalue weighted by Gasteiger charge is 2.19. The summed E-state index contributed by atoms with van der Waals surface area (Å²) in [7, 11) is -4.47. The number of benzene rings is 1. The van der Waals surface area contributed by atoms with Gasteiger partial charge in [0.25, 0.3) is 10.1 Å². The van der Waals surface area contributed by atoms with Gasteiger partial charge in [0.15, 0.2) is 5.78 Å². The van der Waals surface area contributed by atoms with E-state index in [-0.39, 0.29) is 22.7 Å². The minimum Gasteiger partial charge on any atom is -0.398 e. The Labute approximate surface area is 86.6 Å². The molecule has 0 unspecified atom stereocenters. The molecule has 0 aromatic heterocycles. The van der Waals surface area contributed by atoms with Gasteiger partial charge in [0.2, 0.25) is 0 Å². The van der Waals surface area contributed by atoms with Crippen molar-refractivity contribution in [2.45, 2.75) is 11.8 Å².